The van der Waals surface area contributed by atoms with Gasteiger partial charge in [-0.3, -0.25) is 9.89 Å². The van der Waals surface area contributed by atoms with Crippen molar-refractivity contribution in [1.29, 1.82) is 0 Å². The number of nitrogens with zero attached hydrogens (tertiary/aromatic N) is 2. The first kappa shape index (κ1) is 26.1. The van der Waals surface area contributed by atoms with Crippen molar-refractivity contribution in [3.8, 4) is 0 Å². The van der Waals surface area contributed by atoms with Crippen LogP contribution in [0.25, 0.3) is 0 Å². The fourth-order valence-electron chi connectivity index (χ4n) is 4.49. The largest absolute Gasteiger partial charge is 0.373 e. The second kappa shape index (κ2) is 13.4. The van der Waals surface area contributed by atoms with Gasteiger partial charge in [0, 0.05) is 51.3 Å². The predicted octanol–water partition coefficient (Wildman–Crippen LogP) is 4.68. The normalized spacial score (nSPS) is 23.1. The Morgan fingerprint density at radius 2 is 1.90 bits per heavy atom. The van der Waals surface area contributed by atoms with Crippen LogP contribution in [0.5, 0.6) is 0 Å². The summed E-state index contributed by atoms with van der Waals surface area (Å²) in [6.07, 6.45) is 4.73. The van der Waals surface area contributed by atoms with Gasteiger partial charge in [-0.2, -0.15) is 0 Å². The molecular formula is C25H41IN4O. The Kier molecular flexibility index (Phi) is 11.3. The summed E-state index contributed by atoms with van der Waals surface area (Å²) >= 11 is 0. The minimum Gasteiger partial charge on any atom is -0.373 e. The Morgan fingerprint density at radius 1 is 1.19 bits per heavy atom. The summed E-state index contributed by atoms with van der Waals surface area (Å²) in [5.41, 5.74) is 3.81. The maximum atomic E-state index is 6.18. The molecule has 2 unspecified atom stereocenters. The van der Waals surface area contributed by atoms with Gasteiger partial charge in [0.25, 0.3) is 0 Å². The molecule has 2 heterocycles. The van der Waals surface area contributed by atoms with E-state index in [9.17, 15) is 0 Å². The van der Waals surface area contributed by atoms with E-state index in [1.807, 2.05) is 0 Å². The lowest BCUT2D eigenvalue weighted by Crippen LogP contribution is -2.49. The van der Waals surface area contributed by atoms with Gasteiger partial charge < -0.3 is 15.4 Å². The Balaban J connectivity index is 0.00000341. The highest BCUT2D eigenvalue weighted by Crippen LogP contribution is 2.34. The molecule has 0 amide bonds. The fourth-order valence-corrected chi connectivity index (χ4v) is 4.49. The molecule has 0 radical (unpaired) electrons. The zero-order valence-electron chi connectivity index (χ0n) is 19.5. The van der Waals surface area contributed by atoms with E-state index in [0.717, 1.165) is 64.6 Å². The van der Waals surface area contributed by atoms with Gasteiger partial charge >= 0.3 is 0 Å². The highest BCUT2D eigenvalue weighted by molar-refractivity contribution is 14.0. The van der Waals surface area contributed by atoms with E-state index in [1.54, 1.807) is 0 Å². The summed E-state index contributed by atoms with van der Waals surface area (Å²) in [6.45, 7) is 16.2. The molecule has 174 valence electrons. The Bertz CT molecular complexity index is 698. The van der Waals surface area contributed by atoms with Crippen molar-refractivity contribution >= 4 is 29.9 Å². The molecule has 1 aromatic rings. The molecule has 31 heavy (non-hydrogen) atoms. The second-order valence-electron chi connectivity index (χ2n) is 8.98. The van der Waals surface area contributed by atoms with E-state index in [0.29, 0.717) is 12.0 Å². The van der Waals surface area contributed by atoms with Crippen LogP contribution >= 0.6 is 24.0 Å². The van der Waals surface area contributed by atoms with Gasteiger partial charge in [0.15, 0.2) is 5.96 Å². The molecule has 2 atom stereocenters. The van der Waals surface area contributed by atoms with Crippen LogP contribution in [-0.2, 0) is 4.74 Å². The lowest BCUT2D eigenvalue weighted by atomic mass is 9.89. The monoisotopic (exact) mass is 540 g/mol. The third kappa shape index (κ3) is 8.39. The fraction of sp³-hybridized carbons (Fsp3) is 0.640. The van der Waals surface area contributed by atoms with Crippen LogP contribution in [0.1, 0.15) is 56.8 Å². The van der Waals surface area contributed by atoms with Gasteiger partial charge in [0.2, 0.25) is 0 Å². The van der Waals surface area contributed by atoms with Crippen LogP contribution in [0.4, 0.5) is 0 Å². The number of aliphatic imine (C=N–C) groups is 1. The SMILES string of the molecule is C=C(C)CN1CCC(NC(=NCC2CCCOC2c2ccc(C)cc2)NCC)CC1.I. The maximum Gasteiger partial charge on any atom is 0.191 e. The molecule has 0 spiro atoms. The van der Waals surface area contributed by atoms with Crippen molar-refractivity contribution in [2.75, 3.05) is 39.3 Å². The highest BCUT2D eigenvalue weighted by Gasteiger charge is 2.27. The predicted molar refractivity (Wildman–Crippen MR) is 141 cm³/mol. The molecule has 3 rings (SSSR count). The average molecular weight is 541 g/mol. The molecular weight excluding hydrogens is 499 g/mol. The standard InChI is InChI=1S/C25H40N4O.HI/c1-5-26-25(28-23-12-14-29(15-13-23)18-19(2)3)27-17-22-7-6-16-30-24(22)21-10-8-20(4)9-11-21;/h8-11,22-24H,2,5-7,12-18H2,1,3-4H3,(H2,26,27,28);1H. The van der Waals surface area contributed by atoms with E-state index < -0.39 is 0 Å². The van der Waals surface area contributed by atoms with E-state index in [1.165, 1.54) is 23.1 Å². The molecule has 0 saturated carbocycles. The maximum absolute atomic E-state index is 6.18. The number of likely N-dealkylation sites (tertiary alicyclic amines) is 1. The Labute approximate surface area is 206 Å². The summed E-state index contributed by atoms with van der Waals surface area (Å²) < 4.78 is 6.18. The molecule has 2 saturated heterocycles. The molecule has 1 aromatic carbocycles. The van der Waals surface area contributed by atoms with Gasteiger partial charge in [0.1, 0.15) is 0 Å². The van der Waals surface area contributed by atoms with Gasteiger partial charge in [-0.1, -0.05) is 42.0 Å². The van der Waals surface area contributed by atoms with Crippen LogP contribution < -0.4 is 10.6 Å². The lowest BCUT2D eigenvalue weighted by Gasteiger charge is -2.34. The number of piperidine rings is 1. The van der Waals surface area contributed by atoms with Crippen LogP contribution in [-0.4, -0.2) is 56.2 Å². The molecule has 0 bridgehead atoms. The number of ether oxygens (including phenoxy) is 1. The second-order valence-corrected chi connectivity index (χ2v) is 8.98. The van der Waals surface area contributed by atoms with Crippen LogP contribution in [0, 0.1) is 12.8 Å². The first-order valence-corrected chi connectivity index (χ1v) is 11.6. The Hall–Kier alpha value is -1.12. The van der Waals surface area contributed by atoms with E-state index in [-0.39, 0.29) is 30.1 Å². The van der Waals surface area contributed by atoms with Crippen molar-refractivity contribution in [1.82, 2.24) is 15.5 Å². The zero-order valence-corrected chi connectivity index (χ0v) is 21.9. The summed E-state index contributed by atoms with van der Waals surface area (Å²) in [4.78, 5) is 7.47. The third-order valence-corrected chi connectivity index (χ3v) is 6.10. The van der Waals surface area contributed by atoms with Gasteiger partial charge in [0.05, 0.1) is 6.10 Å². The van der Waals surface area contributed by atoms with Crippen LogP contribution in [0.2, 0.25) is 0 Å². The minimum atomic E-state index is 0. The first-order valence-electron chi connectivity index (χ1n) is 11.6. The number of hydrogen-bond donors (Lipinski definition) is 2. The molecule has 6 heteroatoms. The third-order valence-electron chi connectivity index (χ3n) is 6.10. The average Bonchev–Trinajstić information content (AvgIpc) is 2.74. The van der Waals surface area contributed by atoms with Gasteiger partial charge in [-0.25, -0.2) is 0 Å². The van der Waals surface area contributed by atoms with Crippen molar-refractivity contribution in [2.24, 2.45) is 10.9 Å². The number of guanidine groups is 1. The molecule has 0 aliphatic carbocycles. The summed E-state index contributed by atoms with van der Waals surface area (Å²) in [5.74, 6) is 1.37. The van der Waals surface area contributed by atoms with Crippen molar-refractivity contribution in [2.45, 2.75) is 58.6 Å². The molecule has 5 nitrogen and oxygen atoms in total. The summed E-state index contributed by atoms with van der Waals surface area (Å²) in [7, 11) is 0. The molecule has 2 N–H and O–H groups in total. The molecule has 2 fully saturated rings. The zero-order chi connectivity index (χ0) is 21.3. The quantitative estimate of drug-likeness (QED) is 0.228. The van der Waals surface area contributed by atoms with E-state index in [2.05, 4.69) is 67.1 Å². The number of hydrogen-bond acceptors (Lipinski definition) is 3. The lowest BCUT2D eigenvalue weighted by molar-refractivity contribution is -0.0250. The summed E-state index contributed by atoms with van der Waals surface area (Å²) in [5, 5.41) is 7.13. The highest BCUT2D eigenvalue weighted by atomic mass is 127. The molecule has 0 aromatic heterocycles. The Morgan fingerprint density at radius 3 is 2.55 bits per heavy atom. The number of nitrogens with one attached hydrogen (secondary N) is 2. The topological polar surface area (TPSA) is 48.9 Å². The van der Waals surface area contributed by atoms with E-state index >= 15 is 0 Å². The van der Waals surface area contributed by atoms with E-state index in [4.69, 9.17) is 9.73 Å². The number of rotatable bonds is 7. The first-order chi connectivity index (χ1) is 14.5. The number of benzene rings is 1. The van der Waals surface area contributed by atoms with Crippen molar-refractivity contribution in [3.05, 3.63) is 47.5 Å². The van der Waals surface area contributed by atoms with Gasteiger partial charge in [-0.05, 0) is 52.0 Å². The minimum absolute atomic E-state index is 0. The molecule has 2 aliphatic rings. The van der Waals surface area contributed by atoms with Crippen molar-refractivity contribution < 1.29 is 4.74 Å². The smallest absolute Gasteiger partial charge is 0.191 e. The molecule has 2 aliphatic heterocycles. The number of halogens is 1. The number of aryl methyl sites for hydroxylation is 1. The van der Waals surface area contributed by atoms with Crippen LogP contribution in [0.15, 0.2) is 41.4 Å². The summed E-state index contributed by atoms with van der Waals surface area (Å²) in [6, 6.07) is 9.27. The van der Waals surface area contributed by atoms with Crippen LogP contribution in [0.3, 0.4) is 0 Å². The van der Waals surface area contributed by atoms with Gasteiger partial charge in [-0.15, -0.1) is 24.0 Å². The van der Waals surface area contributed by atoms with Crippen molar-refractivity contribution in [3.63, 3.8) is 0 Å².